The molecule has 128 valence electrons. The van der Waals surface area contributed by atoms with E-state index in [-0.39, 0.29) is 12.1 Å². The van der Waals surface area contributed by atoms with Crippen LogP contribution < -0.4 is 5.32 Å². The van der Waals surface area contributed by atoms with Crippen molar-refractivity contribution in [2.45, 2.75) is 51.0 Å². The molecule has 0 aromatic heterocycles. The molecule has 1 saturated heterocycles. The van der Waals surface area contributed by atoms with Crippen LogP contribution in [0.1, 0.15) is 38.3 Å². The lowest BCUT2D eigenvalue weighted by Gasteiger charge is -2.33. The van der Waals surface area contributed by atoms with Crippen LogP contribution in [0, 0.1) is 0 Å². The van der Waals surface area contributed by atoms with Gasteiger partial charge >= 0.3 is 6.18 Å². The van der Waals surface area contributed by atoms with Gasteiger partial charge in [0, 0.05) is 30.1 Å². The van der Waals surface area contributed by atoms with E-state index in [2.05, 4.69) is 5.32 Å². The first-order valence-corrected chi connectivity index (χ1v) is 7.90. The minimum Gasteiger partial charge on any atom is -0.330 e. The summed E-state index contributed by atoms with van der Waals surface area (Å²) >= 11 is 5.98. The summed E-state index contributed by atoms with van der Waals surface area (Å²) in [5.41, 5.74) is 1.01. The molecule has 1 aromatic rings. The monoisotopic (exact) mass is 348 g/mol. The predicted octanol–water partition coefficient (Wildman–Crippen LogP) is 3.93. The molecule has 1 aliphatic heterocycles. The van der Waals surface area contributed by atoms with E-state index in [1.54, 1.807) is 13.0 Å². The lowest BCUT2D eigenvalue weighted by molar-refractivity contribution is -0.164. The summed E-state index contributed by atoms with van der Waals surface area (Å²) < 4.78 is 38.0. The third kappa shape index (κ3) is 4.85. The lowest BCUT2D eigenvalue weighted by Crippen LogP contribution is -2.51. The minimum absolute atomic E-state index is 0.0424. The standard InChI is InChI=1S/C16H20ClF3N2O/c1-10(22(11(2)23)9-16(18,19)20)14-6-7-15(21-14)12-4-3-5-13(17)8-12/h3-5,8,10,14-15,21H,6-7,9H2,1-2H3/t10?,14-,15+/m1/s1. The first-order chi connectivity index (χ1) is 10.7. The topological polar surface area (TPSA) is 32.3 Å². The molecular weight excluding hydrogens is 329 g/mol. The molecule has 0 saturated carbocycles. The summed E-state index contributed by atoms with van der Waals surface area (Å²) in [6.07, 6.45) is -2.89. The van der Waals surface area contributed by atoms with Crippen molar-refractivity contribution in [2.75, 3.05) is 6.54 Å². The fourth-order valence-electron chi connectivity index (χ4n) is 3.09. The SMILES string of the molecule is CC(=O)N(CC(F)(F)F)C(C)[C@H]1CC[C@@H](c2cccc(Cl)c2)N1. The second kappa shape index (κ2) is 7.09. The van der Waals surface area contributed by atoms with Gasteiger partial charge in [0.2, 0.25) is 5.91 Å². The zero-order valence-electron chi connectivity index (χ0n) is 13.0. The summed E-state index contributed by atoms with van der Waals surface area (Å²) in [7, 11) is 0. The van der Waals surface area contributed by atoms with Crippen molar-refractivity contribution in [3.8, 4) is 0 Å². The highest BCUT2D eigenvalue weighted by Gasteiger charge is 2.38. The summed E-state index contributed by atoms with van der Waals surface area (Å²) in [6.45, 7) is 1.61. The Morgan fingerprint density at radius 2 is 2.13 bits per heavy atom. The molecule has 0 bridgehead atoms. The Bertz CT molecular complexity index is 565. The average Bonchev–Trinajstić information content (AvgIpc) is 2.92. The van der Waals surface area contributed by atoms with E-state index >= 15 is 0 Å². The number of nitrogens with zero attached hydrogens (tertiary/aromatic N) is 1. The number of rotatable bonds is 4. The van der Waals surface area contributed by atoms with Crippen LogP contribution >= 0.6 is 11.6 Å². The fourth-order valence-corrected chi connectivity index (χ4v) is 3.29. The van der Waals surface area contributed by atoms with Crippen molar-refractivity contribution in [1.29, 1.82) is 0 Å². The van der Waals surface area contributed by atoms with Gasteiger partial charge in [0.05, 0.1) is 0 Å². The van der Waals surface area contributed by atoms with E-state index in [1.165, 1.54) is 6.92 Å². The van der Waals surface area contributed by atoms with Gasteiger partial charge in [0.1, 0.15) is 6.54 Å². The van der Waals surface area contributed by atoms with Gasteiger partial charge in [0.15, 0.2) is 0 Å². The molecule has 1 aliphatic rings. The van der Waals surface area contributed by atoms with E-state index in [1.807, 2.05) is 18.2 Å². The van der Waals surface area contributed by atoms with E-state index in [0.29, 0.717) is 11.4 Å². The first-order valence-electron chi connectivity index (χ1n) is 7.53. The van der Waals surface area contributed by atoms with Crippen LogP contribution in [-0.4, -0.2) is 35.6 Å². The highest BCUT2D eigenvalue weighted by molar-refractivity contribution is 6.30. The van der Waals surface area contributed by atoms with Crippen LogP contribution in [0.25, 0.3) is 0 Å². The summed E-state index contributed by atoms with van der Waals surface area (Å²) in [4.78, 5) is 12.5. The number of alkyl halides is 3. The van der Waals surface area contributed by atoms with Crippen LogP contribution in [-0.2, 0) is 4.79 Å². The van der Waals surface area contributed by atoms with Gasteiger partial charge in [-0.15, -0.1) is 0 Å². The second-order valence-electron chi connectivity index (χ2n) is 5.96. The molecule has 3 nitrogen and oxygen atoms in total. The Morgan fingerprint density at radius 3 is 2.70 bits per heavy atom. The van der Waals surface area contributed by atoms with Gasteiger partial charge in [-0.1, -0.05) is 23.7 Å². The zero-order valence-corrected chi connectivity index (χ0v) is 13.8. The quantitative estimate of drug-likeness (QED) is 0.894. The molecule has 1 heterocycles. The molecule has 1 aromatic carbocycles. The highest BCUT2D eigenvalue weighted by Crippen LogP contribution is 2.31. The minimum atomic E-state index is -4.40. The van der Waals surface area contributed by atoms with E-state index in [0.717, 1.165) is 16.9 Å². The number of amides is 1. The molecule has 1 unspecified atom stereocenters. The molecule has 0 spiro atoms. The molecule has 2 rings (SSSR count). The number of hydrogen-bond acceptors (Lipinski definition) is 2. The molecule has 0 aliphatic carbocycles. The van der Waals surface area contributed by atoms with Crippen molar-refractivity contribution in [1.82, 2.24) is 10.2 Å². The third-order valence-electron chi connectivity index (χ3n) is 4.26. The normalized spacial score (nSPS) is 22.9. The van der Waals surface area contributed by atoms with Gasteiger partial charge in [-0.05, 0) is 37.5 Å². The number of nitrogens with one attached hydrogen (secondary N) is 1. The van der Waals surface area contributed by atoms with Crippen LogP contribution in [0.3, 0.4) is 0 Å². The third-order valence-corrected chi connectivity index (χ3v) is 4.50. The highest BCUT2D eigenvalue weighted by atomic mass is 35.5. The largest absolute Gasteiger partial charge is 0.406 e. The number of carbonyl (C=O) groups excluding carboxylic acids is 1. The number of carbonyl (C=O) groups is 1. The molecule has 7 heteroatoms. The van der Waals surface area contributed by atoms with Gasteiger partial charge in [-0.25, -0.2) is 0 Å². The zero-order chi connectivity index (χ0) is 17.2. The molecule has 3 atom stereocenters. The number of benzene rings is 1. The molecule has 23 heavy (non-hydrogen) atoms. The first kappa shape index (κ1) is 18.1. The maximum absolute atomic E-state index is 12.7. The van der Waals surface area contributed by atoms with Crippen molar-refractivity contribution in [2.24, 2.45) is 0 Å². The number of hydrogen-bond donors (Lipinski definition) is 1. The van der Waals surface area contributed by atoms with Crippen molar-refractivity contribution >= 4 is 17.5 Å². The van der Waals surface area contributed by atoms with Crippen molar-refractivity contribution < 1.29 is 18.0 Å². The smallest absolute Gasteiger partial charge is 0.330 e. The summed E-state index contributed by atoms with van der Waals surface area (Å²) in [5.74, 6) is -0.567. The predicted molar refractivity (Wildman–Crippen MR) is 83.3 cm³/mol. The average molecular weight is 349 g/mol. The Labute approximate surface area is 138 Å². The lowest BCUT2D eigenvalue weighted by atomic mass is 10.0. The molecule has 0 radical (unpaired) electrons. The Balaban J connectivity index is 2.05. The van der Waals surface area contributed by atoms with Crippen LogP contribution in [0.5, 0.6) is 0 Å². The maximum atomic E-state index is 12.7. The van der Waals surface area contributed by atoms with E-state index in [9.17, 15) is 18.0 Å². The van der Waals surface area contributed by atoms with Crippen molar-refractivity contribution in [3.05, 3.63) is 34.9 Å². The maximum Gasteiger partial charge on any atom is 0.406 e. The summed E-state index contributed by atoms with van der Waals surface area (Å²) in [5, 5.41) is 3.96. The molecule has 1 N–H and O–H groups in total. The van der Waals surface area contributed by atoms with Gasteiger partial charge < -0.3 is 10.2 Å². The van der Waals surface area contributed by atoms with E-state index < -0.39 is 24.7 Å². The van der Waals surface area contributed by atoms with Crippen LogP contribution in [0.15, 0.2) is 24.3 Å². The van der Waals surface area contributed by atoms with Crippen molar-refractivity contribution in [3.63, 3.8) is 0 Å². The second-order valence-corrected chi connectivity index (χ2v) is 6.40. The summed E-state index contributed by atoms with van der Waals surface area (Å²) in [6, 6.07) is 6.76. The Morgan fingerprint density at radius 1 is 1.43 bits per heavy atom. The van der Waals surface area contributed by atoms with Crippen LogP contribution in [0.4, 0.5) is 13.2 Å². The number of halogens is 4. The van der Waals surface area contributed by atoms with E-state index in [4.69, 9.17) is 11.6 Å². The Hall–Kier alpha value is -1.27. The van der Waals surface area contributed by atoms with Gasteiger partial charge in [-0.2, -0.15) is 13.2 Å². The van der Waals surface area contributed by atoms with Gasteiger partial charge in [-0.3, -0.25) is 4.79 Å². The molecular formula is C16H20ClF3N2O. The molecule has 1 amide bonds. The fraction of sp³-hybridized carbons (Fsp3) is 0.562. The van der Waals surface area contributed by atoms with Gasteiger partial charge in [0.25, 0.3) is 0 Å². The van der Waals surface area contributed by atoms with Crippen LogP contribution in [0.2, 0.25) is 5.02 Å². The Kier molecular flexibility index (Phi) is 5.57. The molecule has 1 fully saturated rings.